The maximum absolute atomic E-state index is 11.8. The number of fused-ring (bicyclic) bond motifs is 1. The Morgan fingerprint density at radius 1 is 1.39 bits per heavy atom. The van der Waals surface area contributed by atoms with E-state index in [1.807, 2.05) is 25.8 Å². The van der Waals surface area contributed by atoms with E-state index in [4.69, 9.17) is 4.74 Å². The first kappa shape index (κ1) is 15.4. The molecule has 0 spiro atoms. The average molecular weight is 256 g/mol. The van der Waals surface area contributed by atoms with Crippen molar-refractivity contribution in [2.24, 2.45) is 5.92 Å². The van der Waals surface area contributed by atoms with E-state index in [1.165, 1.54) is 0 Å². The summed E-state index contributed by atoms with van der Waals surface area (Å²) in [5, 5.41) is 0. The monoisotopic (exact) mass is 256 g/mol. The number of hydrogen-bond donors (Lipinski definition) is 0. The second-order valence-electron chi connectivity index (χ2n) is 5.28. The van der Waals surface area contributed by atoms with E-state index < -0.39 is 0 Å². The molecule has 1 amide bonds. The molecule has 106 valence electrons. The lowest BCUT2D eigenvalue weighted by Crippen LogP contribution is -2.54. The van der Waals surface area contributed by atoms with Crippen LogP contribution < -0.4 is 0 Å². The highest BCUT2D eigenvalue weighted by molar-refractivity contribution is 5.79. The Morgan fingerprint density at radius 3 is 2.67 bits per heavy atom. The zero-order chi connectivity index (χ0) is 13.7. The van der Waals surface area contributed by atoms with Crippen molar-refractivity contribution in [1.29, 1.82) is 0 Å². The normalized spacial score (nSPS) is 28.1. The zero-order valence-corrected chi connectivity index (χ0v) is 12.5. The quantitative estimate of drug-likeness (QED) is 0.769. The number of hydrogen-bond acceptors (Lipinski definition) is 3. The SMILES string of the molecule is CC.CC(C)OCC1CCN2C(=O)CN(C)CC12. The number of ether oxygens (including phenoxy) is 1. The van der Waals surface area contributed by atoms with Crippen LogP contribution in [0, 0.1) is 5.92 Å². The topological polar surface area (TPSA) is 32.8 Å². The van der Waals surface area contributed by atoms with E-state index >= 15 is 0 Å². The summed E-state index contributed by atoms with van der Waals surface area (Å²) < 4.78 is 5.69. The van der Waals surface area contributed by atoms with Gasteiger partial charge in [-0.3, -0.25) is 9.69 Å². The van der Waals surface area contributed by atoms with Crippen LogP contribution in [-0.4, -0.2) is 61.1 Å². The lowest BCUT2D eigenvalue weighted by Gasteiger charge is -2.37. The number of carbonyl (C=O) groups is 1. The molecule has 0 N–H and O–H groups in total. The van der Waals surface area contributed by atoms with Crippen molar-refractivity contribution in [3.8, 4) is 0 Å². The van der Waals surface area contributed by atoms with Gasteiger partial charge in [-0.1, -0.05) is 13.8 Å². The van der Waals surface area contributed by atoms with E-state index in [0.717, 1.165) is 26.1 Å². The van der Waals surface area contributed by atoms with Gasteiger partial charge in [-0.25, -0.2) is 0 Å². The molecule has 0 saturated carbocycles. The van der Waals surface area contributed by atoms with E-state index in [0.29, 0.717) is 18.5 Å². The first-order valence-electron chi connectivity index (χ1n) is 7.17. The molecule has 2 rings (SSSR count). The Balaban J connectivity index is 0.000000771. The van der Waals surface area contributed by atoms with Crippen LogP contribution in [0.15, 0.2) is 0 Å². The maximum atomic E-state index is 11.8. The smallest absolute Gasteiger partial charge is 0.237 e. The molecule has 4 heteroatoms. The second kappa shape index (κ2) is 7.10. The summed E-state index contributed by atoms with van der Waals surface area (Å²) in [7, 11) is 2.02. The first-order chi connectivity index (χ1) is 8.58. The van der Waals surface area contributed by atoms with Gasteiger partial charge in [-0.15, -0.1) is 0 Å². The molecule has 2 saturated heterocycles. The fourth-order valence-corrected chi connectivity index (χ4v) is 2.69. The molecule has 2 heterocycles. The van der Waals surface area contributed by atoms with Crippen molar-refractivity contribution < 1.29 is 9.53 Å². The average Bonchev–Trinajstić information content (AvgIpc) is 2.72. The second-order valence-corrected chi connectivity index (χ2v) is 5.28. The highest BCUT2D eigenvalue weighted by Crippen LogP contribution is 2.28. The molecular weight excluding hydrogens is 228 g/mol. The van der Waals surface area contributed by atoms with Gasteiger partial charge >= 0.3 is 0 Å². The largest absolute Gasteiger partial charge is 0.378 e. The van der Waals surface area contributed by atoms with Gasteiger partial charge in [0.05, 0.1) is 19.3 Å². The van der Waals surface area contributed by atoms with Crippen molar-refractivity contribution in [3.63, 3.8) is 0 Å². The van der Waals surface area contributed by atoms with Crippen LogP contribution in [0.5, 0.6) is 0 Å². The molecule has 0 aliphatic carbocycles. The summed E-state index contributed by atoms with van der Waals surface area (Å²) in [5.41, 5.74) is 0. The van der Waals surface area contributed by atoms with Crippen LogP contribution >= 0.6 is 0 Å². The van der Waals surface area contributed by atoms with Crippen LogP contribution in [0.4, 0.5) is 0 Å². The minimum atomic E-state index is 0.283. The molecule has 2 fully saturated rings. The molecule has 2 aliphatic rings. The molecule has 2 atom stereocenters. The highest BCUT2D eigenvalue weighted by atomic mass is 16.5. The predicted octanol–water partition coefficient (Wildman–Crippen LogP) is 1.60. The highest BCUT2D eigenvalue weighted by Gasteiger charge is 2.40. The molecule has 2 unspecified atom stereocenters. The zero-order valence-electron chi connectivity index (χ0n) is 12.5. The van der Waals surface area contributed by atoms with E-state index in [9.17, 15) is 4.79 Å². The van der Waals surface area contributed by atoms with Crippen molar-refractivity contribution in [1.82, 2.24) is 9.80 Å². The fraction of sp³-hybridized carbons (Fsp3) is 0.929. The van der Waals surface area contributed by atoms with Gasteiger partial charge in [-0.2, -0.15) is 0 Å². The molecule has 0 aromatic heterocycles. The molecular formula is C14H28N2O2. The van der Waals surface area contributed by atoms with Gasteiger partial charge in [0.15, 0.2) is 0 Å². The lowest BCUT2D eigenvalue weighted by molar-refractivity contribution is -0.138. The van der Waals surface area contributed by atoms with Crippen LogP contribution in [0.25, 0.3) is 0 Å². The summed E-state index contributed by atoms with van der Waals surface area (Å²) >= 11 is 0. The Bertz CT molecular complexity index is 269. The third-order valence-corrected chi connectivity index (χ3v) is 3.55. The van der Waals surface area contributed by atoms with Gasteiger partial charge in [0.2, 0.25) is 5.91 Å². The van der Waals surface area contributed by atoms with E-state index in [2.05, 4.69) is 18.7 Å². The molecule has 2 aliphatic heterocycles. The number of amides is 1. The number of rotatable bonds is 3. The Kier molecular flexibility index (Phi) is 6.09. The number of likely N-dealkylation sites (N-methyl/N-ethyl adjacent to an activating group) is 1. The van der Waals surface area contributed by atoms with Gasteiger partial charge in [-0.05, 0) is 27.3 Å². The van der Waals surface area contributed by atoms with Crippen LogP contribution in [0.3, 0.4) is 0 Å². The van der Waals surface area contributed by atoms with Crippen molar-refractivity contribution in [2.75, 3.05) is 33.3 Å². The number of nitrogens with zero attached hydrogens (tertiary/aromatic N) is 2. The van der Waals surface area contributed by atoms with Gasteiger partial charge in [0.1, 0.15) is 0 Å². The van der Waals surface area contributed by atoms with Gasteiger partial charge in [0.25, 0.3) is 0 Å². The molecule has 0 aromatic carbocycles. The summed E-state index contributed by atoms with van der Waals surface area (Å²) in [6.45, 7) is 11.4. The Hall–Kier alpha value is -0.610. The van der Waals surface area contributed by atoms with Crippen molar-refractivity contribution in [2.45, 2.75) is 46.3 Å². The first-order valence-corrected chi connectivity index (χ1v) is 7.17. The van der Waals surface area contributed by atoms with E-state index in [-0.39, 0.29) is 12.0 Å². The van der Waals surface area contributed by atoms with Gasteiger partial charge in [0, 0.05) is 25.0 Å². The standard InChI is InChI=1S/C12H22N2O2.C2H6/c1-9(2)16-8-10-4-5-14-11(10)6-13(3)7-12(14)15;1-2/h9-11H,4-8H2,1-3H3;1-2H3. The summed E-state index contributed by atoms with van der Waals surface area (Å²) in [6.07, 6.45) is 1.38. The predicted molar refractivity (Wildman–Crippen MR) is 73.5 cm³/mol. The number of piperazine rings is 1. The minimum Gasteiger partial charge on any atom is -0.378 e. The summed E-state index contributed by atoms with van der Waals surface area (Å²) in [6, 6.07) is 0.380. The van der Waals surface area contributed by atoms with E-state index in [1.54, 1.807) is 0 Å². The molecule has 4 nitrogen and oxygen atoms in total. The minimum absolute atomic E-state index is 0.283. The molecule has 18 heavy (non-hydrogen) atoms. The lowest BCUT2D eigenvalue weighted by atomic mass is 10.00. The summed E-state index contributed by atoms with van der Waals surface area (Å²) in [4.78, 5) is 16.0. The summed E-state index contributed by atoms with van der Waals surface area (Å²) in [5.74, 6) is 0.805. The maximum Gasteiger partial charge on any atom is 0.237 e. The van der Waals surface area contributed by atoms with Crippen molar-refractivity contribution >= 4 is 5.91 Å². The van der Waals surface area contributed by atoms with Gasteiger partial charge < -0.3 is 9.64 Å². The third-order valence-electron chi connectivity index (χ3n) is 3.55. The van der Waals surface area contributed by atoms with Crippen LogP contribution in [0.2, 0.25) is 0 Å². The Labute approximate surface area is 111 Å². The molecule has 0 aromatic rings. The number of carbonyl (C=O) groups excluding carboxylic acids is 1. The van der Waals surface area contributed by atoms with Crippen LogP contribution in [0.1, 0.15) is 34.1 Å². The third kappa shape index (κ3) is 3.69. The fourth-order valence-electron chi connectivity index (χ4n) is 2.69. The van der Waals surface area contributed by atoms with Crippen LogP contribution in [-0.2, 0) is 9.53 Å². The molecule has 0 radical (unpaired) electrons. The molecule has 0 bridgehead atoms. The van der Waals surface area contributed by atoms with Crippen molar-refractivity contribution in [3.05, 3.63) is 0 Å². The Morgan fingerprint density at radius 2 is 2.06 bits per heavy atom.